The molecule has 1 aliphatic heterocycles. The van der Waals surface area contributed by atoms with E-state index in [1.54, 1.807) is 62.8 Å². The van der Waals surface area contributed by atoms with Gasteiger partial charge in [0.1, 0.15) is 0 Å². The number of Topliss-reactive ketones (excluding diaryl/α,β-unsaturated/α-hetero) is 1. The Morgan fingerprint density at radius 2 is 1.66 bits per heavy atom. The number of hydrogen-bond donors (Lipinski definition) is 1. The van der Waals surface area contributed by atoms with Gasteiger partial charge in [-0.05, 0) is 30.7 Å². The first-order valence-electron chi connectivity index (χ1n) is 10.3. The summed E-state index contributed by atoms with van der Waals surface area (Å²) in [5.74, 6) is 0.330. The number of ether oxygens (including phenoxy) is 2. The van der Waals surface area contributed by atoms with Gasteiger partial charge < -0.3 is 19.5 Å². The van der Waals surface area contributed by atoms with Crippen molar-refractivity contribution in [3.8, 4) is 11.5 Å². The molecule has 6 nitrogen and oxygen atoms in total. The summed E-state index contributed by atoms with van der Waals surface area (Å²) < 4.78 is 10.6. The summed E-state index contributed by atoms with van der Waals surface area (Å²) in [5, 5.41) is 11.5. The van der Waals surface area contributed by atoms with Gasteiger partial charge in [-0.3, -0.25) is 9.59 Å². The number of nitrogens with zero attached hydrogens (tertiary/aromatic N) is 1. The van der Waals surface area contributed by atoms with Crippen molar-refractivity contribution in [3.05, 3.63) is 89.0 Å². The van der Waals surface area contributed by atoms with Crippen LogP contribution in [0.2, 0.25) is 0 Å². The second kappa shape index (κ2) is 8.48. The van der Waals surface area contributed by atoms with Crippen LogP contribution in [0.4, 0.5) is 5.69 Å². The summed E-state index contributed by atoms with van der Waals surface area (Å²) in [6.45, 7) is 2.15. The summed E-state index contributed by atoms with van der Waals surface area (Å²) >= 11 is 0. The van der Waals surface area contributed by atoms with Gasteiger partial charge in [-0.2, -0.15) is 0 Å². The van der Waals surface area contributed by atoms with Gasteiger partial charge in [-0.1, -0.05) is 54.1 Å². The number of amides is 1. The van der Waals surface area contributed by atoms with E-state index in [4.69, 9.17) is 9.47 Å². The van der Waals surface area contributed by atoms with Crippen LogP contribution in [-0.2, 0) is 16.9 Å². The molecular formula is C26H25NO5. The Kier molecular flexibility index (Phi) is 5.72. The van der Waals surface area contributed by atoms with Crippen LogP contribution in [0.1, 0.15) is 33.5 Å². The zero-order valence-corrected chi connectivity index (χ0v) is 18.3. The molecule has 0 spiro atoms. The number of benzene rings is 3. The fourth-order valence-corrected chi connectivity index (χ4v) is 4.07. The summed E-state index contributed by atoms with van der Waals surface area (Å²) in [5.41, 5.74) is 1.41. The molecule has 0 saturated carbocycles. The van der Waals surface area contributed by atoms with Gasteiger partial charge in [0.15, 0.2) is 22.9 Å². The number of ketones is 1. The fourth-order valence-electron chi connectivity index (χ4n) is 4.07. The van der Waals surface area contributed by atoms with E-state index in [0.29, 0.717) is 28.3 Å². The van der Waals surface area contributed by atoms with Crippen LogP contribution in [0.3, 0.4) is 0 Å². The normalized spacial score (nSPS) is 17.2. The molecule has 1 heterocycles. The van der Waals surface area contributed by atoms with Crippen LogP contribution in [0.5, 0.6) is 11.5 Å². The van der Waals surface area contributed by atoms with Crippen molar-refractivity contribution in [2.24, 2.45) is 0 Å². The van der Waals surface area contributed by atoms with Crippen molar-refractivity contribution >= 4 is 17.4 Å². The highest BCUT2D eigenvalue weighted by atomic mass is 16.5. The average molecular weight is 431 g/mol. The van der Waals surface area contributed by atoms with E-state index in [0.717, 1.165) is 11.1 Å². The molecule has 3 aromatic rings. The lowest BCUT2D eigenvalue weighted by Crippen LogP contribution is -2.41. The van der Waals surface area contributed by atoms with Crippen LogP contribution in [0.15, 0.2) is 66.7 Å². The predicted molar refractivity (Wildman–Crippen MR) is 121 cm³/mol. The Balaban J connectivity index is 1.66. The maximum Gasteiger partial charge on any atom is 0.264 e. The highest BCUT2D eigenvalue weighted by Gasteiger charge is 2.50. The molecule has 0 radical (unpaired) electrons. The van der Waals surface area contributed by atoms with Crippen LogP contribution in [0.25, 0.3) is 0 Å². The second-order valence-corrected chi connectivity index (χ2v) is 7.92. The van der Waals surface area contributed by atoms with Crippen molar-refractivity contribution < 1.29 is 24.2 Å². The van der Waals surface area contributed by atoms with Crippen molar-refractivity contribution in [3.63, 3.8) is 0 Å². The average Bonchev–Trinajstić information content (AvgIpc) is 3.01. The van der Waals surface area contributed by atoms with Crippen LogP contribution in [-0.4, -0.2) is 31.0 Å². The smallest absolute Gasteiger partial charge is 0.264 e. The number of aliphatic hydroxyl groups is 1. The monoisotopic (exact) mass is 431 g/mol. The van der Waals surface area contributed by atoms with Gasteiger partial charge in [0.25, 0.3) is 5.91 Å². The maximum atomic E-state index is 13.5. The van der Waals surface area contributed by atoms with E-state index < -0.39 is 11.5 Å². The van der Waals surface area contributed by atoms with Gasteiger partial charge in [0, 0.05) is 11.1 Å². The van der Waals surface area contributed by atoms with Crippen molar-refractivity contribution in [1.29, 1.82) is 0 Å². The van der Waals surface area contributed by atoms with Gasteiger partial charge in [-0.15, -0.1) is 0 Å². The van der Waals surface area contributed by atoms with Gasteiger partial charge in [0.2, 0.25) is 0 Å². The van der Waals surface area contributed by atoms with E-state index in [-0.39, 0.29) is 18.7 Å². The highest BCUT2D eigenvalue weighted by Crippen LogP contribution is 2.44. The third-order valence-corrected chi connectivity index (χ3v) is 5.82. The third kappa shape index (κ3) is 3.74. The van der Waals surface area contributed by atoms with E-state index >= 15 is 0 Å². The second-order valence-electron chi connectivity index (χ2n) is 7.92. The minimum atomic E-state index is -1.92. The molecular weight excluding hydrogens is 406 g/mol. The highest BCUT2D eigenvalue weighted by molar-refractivity contribution is 6.10. The number of rotatable bonds is 7. The van der Waals surface area contributed by atoms with E-state index in [1.165, 1.54) is 4.90 Å². The van der Waals surface area contributed by atoms with Crippen molar-refractivity contribution in [1.82, 2.24) is 0 Å². The minimum absolute atomic E-state index is 0.219. The molecule has 32 heavy (non-hydrogen) atoms. The molecule has 0 aliphatic carbocycles. The summed E-state index contributed by atoms with van der Waals surface area (Å²) in [7, 11) is 3.11. The standard InChI is InChI=1S/C26H25NO5/c1-17-8-11-19(12-9-17)22(28)15-26(30)20-6-4-5-7-21(20)27(25(26)29)16-18-10-13-23(31-2)24(14-18)32-3/h4-14,30H,15-16H2,1-3H3/t26-/m0/s1. The Hall–Kier alpha value is -3.64. The number of hydrogen-bond acceptors (Lipinski definition) is 5. The van der Waals surface area contributed by atoms with Crippen molar-refractivity contribution in [2.75, 3.05) is 19.1 Å². The minimum Gasteiger partial charge on any atom is -0.493 e. The third-order valence-electron chi connectivity index (χ3n) is 5.82. The predicted octanol–water partition coefficient (Wildman–Crippen LogP) is 4.02. The maximum absolute atomic E-state index is 13.5. The van der Waals surface area contributed by atoms with Crippen LogP contribution >= 0.6 is 0 Å². The zero-order valence-electron chi connectivity index (χ0n) is 18.3. The number of fused-ring (bicyclic) bond motifs is 1. The zero-order chi connectivity index (χ0) is 22.9. The Labute approximate surface area is 187 Å². The molecule has 0 saturated heterocycles. The molecule has 0 bridgehead atoms. The van der Waals surface area contributed by atoms with Gasteiger partial charge in [-0.25, -0.2) is 0 Å². The van der Waals surface area contributed by atoms with Crippen LogP contribution < -0.4 is 14.4 Å². The van der Waals surface area contributed by atoms with E-state index in [1.807, 2.05) is 25.1 Å². The van der Waals surface area contributed by atoms with E-state index in [9.17, 15) is 14.7 Å². The lowest BCUT2D eigenvalue weighted by molar-refractivity contribution is -0.136. The number of carbonyl (C=O) groups is 2. The number of para-hydroxylation sites is 1. The van der Waals surface area contributed by atoms with E-state index in [2.05, 4.69) is 0 Å². The van der Waals surface area contributed by atoms with Crippen LogP contribution in [0, 0.1) is 6.92 Å². The summed E-state index contributed by atoms with van der Waals surface area (Å²) in [6, 6.07) is 19.6. The van der Waals surface area contributed by atoms with Gasteiger partial charge in [0.05, 0.1) is 32.9 Å². The molecule has 1 amide bonds. The first-order chi connectivity index (χ1) is 15.4. The van der Waals surface area contributed by atoms with Crippen molar-refractivity contribution in [2.45, 2.75) is 25.5 Å². The Morgan fingerprint density at radius 1 is 0.969 bits per heavy atom. The Bertz CT molecular complexity index is 1170. The molecule has 4 rings (SSSR count). The topological polar surface area (TPSA) is 76.1 Å². The molecule has 1 atom stereocenters. The lowest BCUT2D eigenvalue weighted by Gasteiger charge is -2.23. The SMILES string of the molecule is COc1ccc(CN2C(=O)[C@](O)(CC(=O)c3ccc(C)cc3)c3ccccc32)cc1OC. The first-order valence-corrected chi connectivity index (χ1v) is 10.3. The molecule has 1 N–H and O–H groups in total. The van der Waals surface area contributed by atoms with Gasteiger partial charge >= 0.3 is 0 Å². The lowest BCUT2D eigenvalue weighted by atomic mass is 9.88. The first kappa shape index (κ1) is 21.6. The fraction of sp³-hybridized carbons (Fsp3) is 0.231. The molecule has 0 unspecified atom stereocenters. The molecule has 1 aliphatic rings. The number of methoxy groups -OCH3 is 2. The largest absolute Gasteiger partial charge is 0.493 e. The molecule has 0 aromatic heterocycles. The molecule has 164 valence electrons. The number of carbonyl (C=O) groups excluding carboxylic acids is 2. The number of aryl methyl sites for hydroxylation is 1. The summed E-state index contributed by atoms with van der Waals surface area (Å²) in [6.07, 6.45) is -0.325. The number of anilines is 1. The summed E-state index contributed by atoms with van der Waals surface area (Å²) in [4.78, 5) is 27.9. The molecule has 3 aromatic carbocycles. The molecule has 6 heteroatoms. The molecule has 0 fully saturated rings. The quantitative estimate of drug-likeness (QED) is 0.572. The Morgan fingerprint density at radius 3 is 2.34 bits per heavy atom.